The molecule has 0 unspecified atom stereocenters. The largest absolute Gasteiger partial charge is 0.478 e. The molecule has 0 radical (unpaired) electrons. The lowest BCUT2D eigenvalue weighted by molar-refractivity contribution is 0.0697. The van der Waals surface area contributed by atoms with E-state index < -0.39 is 5.97 Å². The number of carboxylic acid groups (broad SMARTS) is 1. The second-order valence-corrected chi connectivity index (χ2v) is 6.22. The maximum atomic E-state index is 11.2. The number of rotatable bonds is 2. The first-order valence-corrected chi connectivity index (χ1v) is 6.46. The van der Waals surface area contributed by atoms with E-state index in [0.717, 1.165) is 29.7 Å². The number of anilines is 1. The van der Waals surface area contributed by atoms with E-state index in [9.17, 15) is 9.90 Å². The van der Waals surface area contributed by atoms with Crippen LogP contribution in [0.1, 0.15) is 30.6 Å². The number of hydrogen-bond acceptors (Lipinski definition) is 2. The van der Waals surface area contributed by atoms with Gasteiger partial charge in [0, 0.05) is 17.6 Å². The Kier molecular flexibility index (Phi) is 3.17. The van der Waals surface area contributed by atoms with Crippen molar-refractivity contribution in [2.75, 3.05) is 18.0 Å². The summed E-state index contributed by atoms with van der Waals surface area (Å²) >= 11 is 3.40. The quantitative estimate of drug-likeness (QED) is 0.910. The van der Waals surface area contributed by atoms with Gasteiger partial charge in [0.1, 0.15) is 0 Å². The van der Waals surface area contributed by atoms with Crippen LogP contribution in [0.4, 0.5) is 5.69 Å². The number of halogens is 1. The molecule has 0 saturated carbocycles. The third kappa shape index (κ3) is 2.63. The summed E-state index contributed by atoms with van der Waals surface area (Å²) in [5.74, 6) is -0.864. The summed E-state index contributed by atoms with van der Waals surface area (Å²) in [4.78, 5) is 13.4. The Balaban J connectivity index is 2.38. The van der Waals surface area contributed by atoms with Gasteiger partial charge in [-0.3, -0.25) is 0 Å². The molecule has 0 aliphatic carbocycles. The van der Waals surface area contributed by atoms with Crippen molar-refractivity contribution < 1.29 is 9.90 Å². The minimum atomic E-state index is -0.864. The molecule has 1 aliphatic heterocycles. The van der Waals surface area contributed by atoms with Crippen molar-refractivity contribution in [1.29, 1.82) is 0 Å². The van der Waals surface area contributed by atoms with Crippen LogP contribution in [0, 0.1) is 5.41 Å². The molecule has 0 aromatic heterocycles. The lowest BCUT2D eigenvalue weighted by Gasteiger charge is -2.23. The highest BCUT2D eigenvalue weighted by Gasteiger charge is 2.31. The van der Waals surface area contributed by atoms with Gasteiger partial charge in [0.25, 0.3) is 0 Å². The van der Waals surface area contributed by atoms with Gasteiger partial charge in [0.15, 0.2) is 0 Å². The fraction of sp³-hybridized carbons (Fsp3) is 0.462. The van der Waals surface area contributed by atoms with Crippen LogP contribution in [0.15, 0.2) is 22.7 Å². The van der Waals surface area contributed by atoms with Gasteiger partial charge in [-0.25, -0.2) is 4.79 Å². The fourth-order valence-electron chi connectivity index (χ4n) is 2.27. The van der Waals surface area contributed by atoms with Gasteiger partial charge >= 0.3 is 5.97 Å². The predicted octanol–water partition coefficient (Wildman–Crippen LogP) is 3.38. The maximum absolute atomic E-state index is 11.2. The van der Waals surface area contributed by atoms with Crippen molar-refractivity contribution in [3.05, 3.63) is 28.2 Å². The molecular weight excluding hydrogens is 282 g/mol. The molecular formula is C13H16BrNO2. The van der Waals surface area contributed by atoms with Gasteiger partial charge in [0.05, 0.1) is 11.3 Å². The molecule has 17 heavy (non-hydrogen) atoms. The van der Waals surface area contributed by atoms with Crippen LogP contribution in [0.5, 0.6) is 0 Å². The van der Waals surface area contributed by atoms with Crippen LogP contribution in [0.2, 0.25) is 0 Å². The first-order chi connectivity index (χ1) is 7.89. The first-order valence-electron chi connectivity index (χ1n) is 5.67. The summed E-state index contributed by atoms with van der Waals surface area (Å²) in [7, 11) is 0. The molecule has 4 heteroatoms. The van der Waals surface area contributed by atoms with E-state index in [1.54, 1.807) is 12.1 Å². The van der Waals surface area contributed by atoms with Crippen molar-refractivity contribution in [2.24, 2.45) is 5.41 Å². The highest BCUT2D eigenvalue weighted by Crippen LogP contribution is 2.35. The molecule has 2 rings (SSSR count). The van der Waals surface area contributed by atoms with Crippen molar-refractivity contribution in [2.45, 2.75) is 20.3 Å². The molecule has 1 N–H and O–H groups in total. The molecule has 0 bridgehead atoms. The zero-order valence-electron chi connectivity index (χ0n) is 10.0. The van der Waals surface area contributed by atoms with Crippen LogP contribution in [-0.4, -0.2) is 24.2 Å². The number of nitrogens with zero attached hydrogens (tertiary/aromatic N) is 1. The van der Waals surface area contributed by atoms with Gasteiger partial charge in [-0.15, -0.1) is 0 Å². The molecule has 92 valence electrons. The Morgan fingerprint density at radius 1 is 1.47 bits per heavy atom. The zero-order valence-corrected chi connectivity index (χ0v) is 11.6. The van der Waals surface area contributed by atoms with Crippen molar-refractivity contribution in [3.63, 3.8) is 0 Å². The Hall–Kier alpha value is -1.03. The molecule has 1 aromatic carbocycles. The van der Waals surface area contributed by atoms with Gasteiger partial charge in [-0.05, 0) is 30.0 Å². The van der Waals surface area contributed by atoms with Crippen LogP contribution >= 0.6 is 15.9 Å². The number of aromatic carboxylic acids is 1. The molecule has 0 spiro atoms. The summed E-state index contributed by atoms with van der Waals surface area (Å²) in [6.45, 7) is 6.25. The lowest BCUT2D eigenvalue weighted by Crippen LogP contribution is -2.24. The molecule has 1 aromatic rings. The zero-order chi connectivity index (χ0) is 12.6. The number of carbonyl (C=O) groups is 1. The normalized spacial score (nSPS) is 18.4. The van der Waals surface area contributed by atoms with E-state index in [1.807, 2.05) is 6.07 Å². The van der Waals surface area contributed by atoms with E-state index in [4.69, 9.17) is 0 Å². The van der Waals surface area contributed by atoms with Gasteiger partial charge in [-0.2, -0.15) is 0 Å². The van der Waals surface area contributed by atoms with E-state index in [0.29, 0.717) is 5.56 Å². The molecule has 1 aliphatic rings. The van der Waals surface area contributed by atoms with Crippen LogP contribution < -0.4 is 4.90 Å². The molecule has 1 fully saturated rings. The molecule has 3 nitrogen and oxygen atoms in total. The highest BCUT2D eigenvalue weighted by molar-refractivity contribution is 9.10. The SMILES string of the molecule is CC1(C)CCN(c2cc(Br)ccc2C(=O)O)C1. The minimum absolute atomic E-state index is 0.262. The monoisotopic (exact) mass is 297 g/mol. The van der Waals surface area contributed by atoms with Gasteiger partial charge < -0.3 is 10.0 Å². The Morgan fingerprint density at radius 2 is 2.18 bits per heavy atom. The second-order valence-electron chi connectivity index (χ2n) is 5.30. The Labute approximate surface area is 110 Å². The third-order valence-corrected chi connectivity index (χ3v) is 3.70. The number of benzene rings is 1. The molecule has 1 saturated heterocycles. The van der Waals surface area contributed by atoms with Crippen LogP contribution in [-0.2, 0) is 0 Å². The van der Waals surface area contributed by atoms with Crippen LogP contribution in [0.25, 0.3) is 0 Å². The van der Waals surface area contributed by atoms with Crippen LogP contribution in [0.3, 0.4) is 0 Å². The average Bonchev–Trinajstić information content (AvgIpc) is 2.58. The lowest BCUT2D eigenvalue weighted by atomic mass is 9.93. The van der Waals surface area contributed by atoms with Crippen molar-refractivity contribution in [1.82, 2.24) is 0 Å². The topological polar surface area (TPSA) is 40.5 Å². The Bertz CT molecular complexity index is 457. The van der Waals surface area contributed by atoms with Crippen molar-refractivity contribution in [3.8, 4) is 0 Å². The van der Waals surface area contributed by atoms with Gasteiger partial charge in [0.2, 0.25) is 0 Å². The molecule has 0 atom stereocenters. The second kappa shape index (κ2) is 4.33. The summed E-state index contributed by atoms with van der Waals surface area (Å²) in [5, 5.41) is 9.21. The summed E-state index contributed by atoms with van der Waals surface area (Å²) in [6, 6.07) is 5.33. The Morgan fingerprint density at radius 3 is 2.71 bits per heavy atom. The third-order valence-electron chi connectivity index (χ3n) is 3.21. The fourth-order valence-corrected chi connectivity index (χ4v) is 2.61. The summed E-state index contributed by atoms with van der Waals surface area (Å²) in [6.07, 6.45) is 1.10. The highest BCUT2D eigenvalue weighted by atomic mass is 79.9. The van der Waals surface area contributed by atoms with E-state index in [1.165, 1.54) is 0 Å². The standard InChI is InChI=1S/C13H16BrNO2/c1-13(2)5-6-15(8-13)11-7-9(14)3-4-10(11)12(16)17/h3-4,7H,5-6,8H2,1-2H3,(H,16,17). The molecule has 0 amide bonds. The van der Waals surface area contributed by atoms with E-state index in [2.05, 4.69) is 34.7 Å². The van der Waals surface area contributed by atoms with Crippen molar-refractivity contribution >= 4 is 27.6 Å². The van der Waals surface area contributed by atoms with Gasteiger partial charge in [-0.1, -0.05) is 29.8 Å². The van der Waals surface area contributed by atoms with E-state index >= 15 is 0 Å². The predicted molar refractivity (Wildman–Crippen MR) is 71.7 cm³/mol. The summed E-state index contributed by atoms with van der Waals surface area (Å²) < 4.78 is 0.919. The smallest absolute Gasteiger partial charge is 0.337 e. The minimum Gasteiger partial charge on any atom is -0.478 e. The average molecular weight is 298 g/mol. The summed E-state index contributed by atoms with van der Waals surface area (Å²) in [5.41, 5.74) is 1.46. The van der Waals surface area contributed by atoms with E-state index in [-0.39, 0.29) is 5.41 Å². The number of carboxylic acids is 1. The maximum Gasteiger partial charge on any atom is 0.337 e. The first kappa shape index (κ1) is 12.4. The number of hydrogen-bond donors (Lipinski definition) is 1. The molecule has 1 heterocycles.